The average molecular weight is 440 g/mol. The van der Waals surface area contributed by atoms with Gasteiger partial charge in [0, 0.05) is 27.0 Å². The number of hydrazone groups is 1. The Morgan fingerprint density at radius 2 is 1.78 bits per heavy atom. The first kappa shape index (κ1) is 16.8. The van der Waals surface area contributed by atoms with Gasteiger partial charge in [-0.2, -0.15) is 5.10 Å². The third-order valence-electron chi connectivity index (χ3n) is 5.01. The number of hydrogen-bond acceptors (Lipinski definition) is 3. The summed E-state index contributed by atoms with van der Waals surface area (Å²) in [4.78, 5) is 0. The molecule has 3 nitrogen and oxygen atoms in total. The molecule has 0 fully saturated rings. The Labute approximate surface area is 171 Å². The summed E-state index contributed by atoms with van der Waals surface area (Å²) >= 11 is 9.77. The zero-order chi connectivity index (χ0) is 18.4. The average Bonchev–Trinajstić information content (AvgIpc) is 3.14. The highest BCUT2D eigenvalue weighted by atomic mass is 79.9. The van der Waals surface area contributed by atoms with Crippen molar-refractivity contribution in [2.24, 2.45) is 5.10 Å². The van der Waals surface area contributed by atoms with Crippen LogP contribution in [0.5, 0.6) is 5.75 Å². The Kier molecular flexibility index (Phi) is 4.18. The van der Waals surface area contributed by atoms with Crippen LogP contribution in [0.1, 0.15) is 35.4 Å². The predicted molar refractivity (Wildman–Crippen MR) is 111 cm³/mol. The largest absolute Gasteiger partial charge is 0.464 e. The highest BCUT2D eigenvalue weighted by Crippen LogP contribution is 2.48. The second kappa shape index (κ2) is 6.70. The zero-order valence-corrected chi connectivity index (χ0v) is 16.7. The number of halogens is 2. The first-order valence-corrected chi connectivity index (χ1v) is 9.99. The van der Waals surface area contributed by atoms with E-state index in [1.54, 1.807) is 0 Å². The summed E-state index contributed by atoms with van der Waals surface area (Å²) in [7, 11) is 0. The molecule has 2 aliphatic rings. The maximum absolute atomic E-state index is 6.34. The van der Waals surface area contributed by atoms with E-state index >= 15 is 0 Å². The highest BCUT2D eigenvalue weighted by molar-refractivity contribution is 9.10. The van der Waals surface area contributed by atoms with Crippen molar-refractivity contribution < 1.29 is 4.74 Å². The van der Waals surface area contributed by atoms with Gasteiger partial charge in [-0.3, -0.25) is 0 Å². The number of nitrogens with zero attached hydrogens (tertiary/aromatic N) is 2. The number of rotatable bonds is 2. The molecule has 0 radical (unpaired) electrons. The summed E-state index contributed by atoms with van der Waals surface area (Å²) < 4.78 is 7.40. The summed E-state index contributed by atoms with van der Waals surface area (Å²) in [5.74, 6) is 0.877. The van der Waals surface area contributed by atoms with Gasteiger partial charge in [0.1, 0.15) is 5.75 Å². The maximum atomic E-state index is 6.34. The van der Waals surface area contributed by atoms with E-state index in [4.69, 9.17) is 21.4 Å². The van der Waals surface area contributed by atoms with Crippen molar-refractivity contribution in [1.82, 2.24) is 5.01 Å². The molecule has 0 saturated heterocycles. The molecule has 0 amide bonds. The first-order valence-electron chi connectivity index (χ1n) is 8.82. The van der Waals surface area contributed by atoms with Crippen molar-refractivity contribution in [2.75, 3.05) is 0 Å². The number of benzene rings is 3. The summed E-state index contributed by atoms with van der Waals surface area (Å²) in [5, 5.41) is 7.75. The molecule has 3 aromatic carbocycles. The lowest BCUT2D eigenvalue weighted by Crippen LogP contribution is -2.33. The van der Waals surface area contributed by atoms with Crippen LogP contribution in [0.4, 0.5) is 0 Å². The molecule has 0 bridgehead atoms. The number of fused-ring (bicyclic) bond motifs is 3. The van der Waals surface area contributed by atoms with Gasteiger partial charge in [-0.15, -0.1) is 0 Å². The molecule has 0 N–H and O–H groups in total. The van der Waals surface area contributed by atoms with E-state index in [0.29, 0.717) is 5.02 Å². The van der Waals surface area contributed by atoms with Gasteiger partial charge in [-0.1, -0.05) is 70.0 Å². The van der Waals surface area contributed by atoms with E-state index in [9.17, 15) is 0 Å². The Morgan fingerprint density at radius 1 is 1.00 bits per heavy atom. The predicted octanol–water partition coefficient (Wildman–Crippen LogP) is 6.34. The molecule has 5 rings (SSSR count). The van der Waals surface area contributed by atoms with E-state index in [1.807, 2.05) is 48.5 Å². The lowest BCUT2D eigenvalue weighted by molar-refractivity contribution is -0.0190. The van der Waals surface area contributed by atoms with Crippen LogP contribution in [0.25, 0.3) is 0 Å². The van der Waals surface area contributed by atoms with Gasteiger partial charge in [0.15, 0.2) is 0 Å². The molecule has 2 heterocycles. The lowest BCUT2D eigenvalue weighted by atomic mass is 9.96. The Balaban J connectivity index is 1.60. The van der Waals surface area contributed by atoms with Crippen LogP contribution in [0.3, 0.4) is 0 Å². The van der Waals surface area contributed by atoms with E-state index < -0.39 is 0 Å². The fraction of sp³-hybridized carbons (Fsp3) is 0.136. The molecule has 2 aliphatic heterocycles. The molecule has 0 spiro atoms. The molecule has 3 aromatic rings. The fourth-order valence-electron chi connectivity index (χ4n) is 3.71. The monoisotopic (exact) mass is 438 g/mol. The minimum absolute atomic E-state index is 0.108. The highest BCUT2D eigenvalue weighted by Gasteiger charge is 2.40. The number of hydrogen-bond donors (Lipinski definition) is 0. The molecule has 134 valence electrons. The van der Waals surface area contributed by atoms with Gasteiger partial charge in [0.25, 0.3) is 0 Å². The van der Waals surface area contributed by atoms with Gasteiger partial charge in [-0.25, -0.2) is 5.01 Å². The normalized spacial score (nSPS) is 20.5. The molecule has 0 aromatic heterocycles. The molecule has 0 saturated carbocycles. The number of ether oxygens (including phenoxy) is 1. The van der Waals surface area contributed by atoms with Gasteiger partial charge in [-0.05, 0) is 35.9 Å². The van der Waals surface area contributed by atoms with Gasteiger partial charge >= 0.3 is 0 Å². The molecule has 5 heteroatoms. The summed E-state index contributed by atoms with van der Waals surface area (Å²) in [5.41, 5.74) is 4.36. The maximum Gasteiger partial charge on any atom is 0.213 e. The molecular weight excluding hydrogens is 424 g/mol. The summed E-state index contributed by atoms with van der Waals surface area (Å²) in [6, 6.07) is 24.5. The second-order valence-electron chi connectivity index (χ2n) is 6.72. The van der Waals surface area contributed by atoms with E-state index in [1.165, 1.54) is 0 Å². The van der Waals surface area contributed by atoms with Crippen LogP contribution < -0.4 is 4.74 Å². The smallest absolute Gasteiger partial charge is 0.213 e. The van der Waals surface area contributed by atoms with Crippen molar-refractivity contribution in [3.05, 3.63) is 99.0 Å². The van der Waals surface area contributed by atoms with Crippen molar-refractivity contribution in [2.45, 2.75) is 18.7 Å². The van der Waals surface area contributed by atoms with Gasteiger partial charge in [0.05, 0.1) is 11.8 Å². The van der Waals surface area contributed by atoms with Gasteiger partial charge < -0.3 is 4.74 Å². The van der Waals surface area contributed by atoms with Crippen molar-refractivity contribution in [1.29, 1.82) is 0 Å². The third kappa shape index (κ3) is 3.03. The van der Waals surface area contributed by atoms with Crippen LogP contribution >= 0.6 is 27.5 Å². The Hall–Kier alpha value is -2.30. The van der Waals surface area contributed by atoms with Crippen LogP contribution in [-0.2, 0) is 0 Å². The van der Waals surface area contributed by atoms with E-state index in [2.05, 4.69) is 45.2 Å². The van der Waals surface area contributed by atoms with Crippen LogP contribution in [0.2, 0.25) is 5.02 Å². The lowest BCUT2D eigenvalue weighted by Gasteiger charge is -2.38. The summed E-state index contributed by atoms with van der Waals surface area (Å²) in [6.07, 6.45) is 0.569. The topological polar surface area (TPSA) is 24.8 Å². The Morgan fingerprint density at radius 3 is 2.56 bits per heavy atom. The zero-order valence-electron chi connectivity index (χ0n) is 14.3. The minimum Gasteiger partial charge on any atom is -0.464 e. The van der Waals surface area contributed by atoms with E-state index in [-0.39, 0.29) is 12.3 Å². The Bertz CT molecular complexity index is 1020. The van der Waals surface area contributed by atoms with Crippen LogP contribution in [0, 0.1) is 0 Å². The van der Waals surface area contributed by atoms with Gasteiger partial charge in [0.2, 0.25) is 6.23 Å². The summed E-state index contributed by atoms with van der Waals surface area (Å²) in [6.45, 7) is 0. The second-order valence-corrected chi connectivity index (χ2v) is 8.07. The molecule has 0 aliphatic carbocycles. The SMILES string of the molecule is Clc1ccc2c(c1)[C@H]1CC(c3ccc(Br)cc3)=NN1[C@H](c1ccccc1)O2. The van der Waals surface area contributed by atoms with Crippen LogP contribution in [-0.4, -0.2) is 10.7 Å². The van der Waals surface area contributed by atoms with Crippen LogP contribution in [0.15, 0.2) is 82.4 Å². The third-order valence-corrected chi connectivity index (χ3v) is 5.78. The first-order chi connectivity index (χ1) is 13.2. The van der Waals surface area contributed by atoms with Crippen molar-refractivity contribution in [3.63, 3.8) is 0 Å². The molecule has 2 atom stereocenters. The minimum atomic E-state index is -0.252. The fourth-order valence-corrected chi connectivity index (χ4v) is 4.16. The van der Waals surface area contributed by atoms with Crippen molar-refractivity contribution in [3.8, 4) is 5.75 Å². The van der Waals surface area contributed by atoms with Crippen molar-refractivity contribution >= 4 is 33.2 Å². The van der Waals surface area contributed by atoms with E-state index in [0.717, 1.165) is 39.0 Å². The molecular formula is C22H16BrClN2O. The molecule has 0 unspecified atom stereocenters. The molecule has 27 heavy (non-hydrogen) atoms. The quantitative estimate of drug-likeness (QED) is 0.465. The standard InChI is InChI=1S/C22H16BrClN2O/c23-16-8-6-14(7-9-16)19-13-20-18-12-17(24)10-11-21(18)27-22(26(20)25-19)15-4-2-1-3-5-15/h1-12,20,22H,13H2/t20-,22+/m1/s1.